The lowest BCUT2D eigenvalue weighted by atomic mass is 10.1. The molecule has 1 heterocycles. The predicted molar refractivity (Wildman–Crippen MR) is 74.5 cm³/mol. The quantitative estimate of drug-likeness (QED) is 0.872. The Morgan fingerprint density at radius 2 is 2.17 bits per heavy atom. The molecule has 0 bridgehead atoms. The minimum Gasteiger partial charge on any atom is -0.368 e. The first-order valence-electron chi connectivity index (χ1n) is 6.25. The molecule has 1 aliphatic rings. The molecule has 2 rings (SSSR count). The third kappa shape index (κ3) is 2.94. The topological polar surface area (TPSA) is 44.4 Å². The van der Waals surface area contributed by atoms with E-state index in [4.69, 9.17) is 11.6 Å². The first-order valence-corrected chi connectivity index (χ1v) is 6.63. The third-order valence-corrected chi connectivity index (χ3v) is 3.32. The maximum atomic E-state index is 11.8. The van der Waals surface area contributed by atoms with E-state index in [9.17, 15) is 4.79 Å². The maximum Gasteiger partial charge on any atom is 0.251 e. The van der Waals surface area contributed by atoms with Crippen LogP contribution in [0.2, 0.25) is 5.02 Å². The summed E-state index contributed by atoms with van der Waals surface area (Å²) < 4.78 is 0. The van der Waals surface area contributed by atoms with Crippen molar-refractivity contribution in [1.82, 2.24) is 10.6 Å². The predicted octanol–water partition coefficient (Wildman–Crippen LogP) is 1.50. The fourth-order valence-electron chi connectivity index (χ4n) is 2.06. The molecule has 98 valence electrons. The number of piperazine rings is 1. The largest absolute Gasteiger partial charge is 0.368 e. The van der Waals surface area contributed by atoms with Crippen molar-refractivity contribution in [3.63, 3.8) is 0 Å². The van der Waals surface area contributed by atoms with E-state index in [1.165, 1.54) is 0 Å². The summed E-state index contributed by atoms with van der Waals surface area (Å²) in [4.78, 5) is 14.0. The number of halogens is 1. The van der Waals surface area contributed by atoms with Gasteiger partial charge in [-0.05, 0) is 25.1 Å². The van der Waals surface area contributed by atoms with Gasteiger partial charge >= 0.3 is 0 Å². The van der Waals surface area contributed by atoms with Crippen molar-refractivity contribution in [2.45, 2.75) is 6.92 Å². The zero-order valence-electron chi connectivity index (χ0n) is 10.5. The summed E-state index contributed by atoms with van der Waals surface area (Å²) in [6, 6.07) is 5.43. The van der Waals surface area contributed by atoms with Crippen LogP contribution in [0.1, 0.15) is 17.3 Å². The van der Waals surface area contributed by atoms with Gasteiger partial charge in [-0.15, -0.1) is 0 Å². The molecular formula is C13H18ClN3O. The zero-order valence-corrected chi connectivity index (χ0v) is 11.3. The van der Waals surface area contributed by atoms with Gasteiger partial charge in [-0.2, -0.15) is 0 Å². The molecule has 1 fully saturated rings. The van der Waals surface area contributed by atoms with E-state index in [0.717, 1.165) is 31.9 Å². The molecule has 18 heavy (non-hydrogen) atoms. The van der Waals surface area contributed by atoms with Gasteiger partial charge in [0.25, 0.3) is 5.91 Å². The molecule has 0 radical (unpaired) electrons. The van der Waals surface area contributed by atoms with Crippen LogP contribution in [-0.2, 0) is 0 Å². The second-order valence-corrected chi connectivity index (χ2v) is 4.67. The van der Waals surface area contributed by atoms with Crippen LogP contribution in [0, 0.1) is 0 Å². The van der Waals surface area contributed by atoms with Crippen LogP contribution < -0.4 is 15.5 Å². The van der Waals surface area contributed by atoms with Crippen LogP contribution in [0.5, 0.6) is 0 Å². The smallest absolute Gasteiger partial charge is 0.251 e. The molecule has 1 aromatic rings. The molecule has 1 saturated heterocycles. The van der Waals surface area contributed by atoms with Crippen molar-refractivity contribution in [2.24, 2.45) is 0 Å². The fraction of sp³-hybridized carbons (Fsp3) is 0.462. The summed E-state index contributed by atoms with van der Waals surface area (Å²) in [5.41, 5.74) is 1.61. The Labute approximate surface area is 112 Å². The third-order valence-electron chi connectivity index (χ3n) is 3.00. The van der Waals surface area contributed by atoms with Crippen LogP contribution in [0.25, 0.3) is 0 Å². The lowest BCUT2D eigenvalue weighted by Crippen LogP contribution is -2.43. The molecule has 5 heteroatoms. The highest BCUT2D eigenvalue weighted by Crippen LogP contribution is 2.27. The number of amides is 1. The first-order chi connectivity index (χ1) is 8.72. The number of anilines is 1. The fourth-order valence-corrected chi connectivity index (χ4v) is 2.30. The molecule has 4 nitrogen and oxygen atoms in total. The van der Waals surface area contributed by atoms with E-state index < -0.39 is 0 Å². The number of carbonyl (C=O) groups excluding carboxylic acids is 1. The minimum absolute atomic E-state index is 0.0504. The average molecular weight is 268 g/mol. The molecule has 2 N–H and O–H groups in total. The summed E-state index contributed by atoms with van der Waals surface area (Å²) >= 11 is 6.22. The van der Waals surface area contributed by atoms with Gasteiger partial charge in [-0.25, -0.2) is 0 Å². The Kier molecular flexibility index (Phi) is 4.44. The van der Waals surface area contributed by atoms with Crippen LogP contribution in [0.3, 0.4) is 0 Å². The number of nitrogens with one attached hydrogen (secondary N) is 2. The van der Waals surface area contributed by atoms with Crippen LogP contribution in [0.4, 0.5) is 5.69 Å². The van der Waals surface area contributed by atoms with Crippen molar-refractivity contribution in [3.05, 3.63) is 28.8 Å². The molecule has 0 saturated carbocycles. The summed E-state index contributed by atoms with van der Waals surface area (Å²) in [6.07, 6.45) is 0. The number of carbonyl (C=O) groups is 1. The summed E-state index contributed by atoms with van der Waals surface area (Å²) in [5.74, 6) is -0.0504. The van der Waals surface area contributed by atoms with E-state index in [0.29, 0.717) is 17.1 Å². The Bertz CT molecular complexity index is 430. The Hall–Kier alpha value is -1.26. The van der Waals surface area contributed by atoms with Gasteiger partial charge in [0, 0.05) is 38.3 Å². The molecule has 1 amide bonds. The average Bonchev–Trinajstić information content (AvgIpc) is 2.40. The number of benzene rings is 1. The highest BCUT2D eigenvalue weighted by atomic mass is 35.5. The molecule has 0 atom stereocenters. The van der Waals surface area contributed by atoms with Gasteiger partial charge in [0.15, 0.2) is 0 Å². The molecule has 1 aromatic carbocycles. The Morgan fingerprint density at radius 3 is 2.83 bits per heavy atom. The lowest BCUT2D eigenvalue weighted by molar-refractivity contribution is 0.0956. The van der Waals surface area contributed by atoms with Crippen LogP contribution >= 0.6 is 11.6 Å². The van der Waals surface area contributed by atoms with E-state index in [1.54, 1.807) is 12.1 Å². The van der Waals surface area contributed by atoms with Gasteiger partial charge in [0.1, 0.15) is 0 Å². The van der Waals surface area contributed by atoms with E-state index in [-0.39, 0.29) is 5.91 Å². The molecule has 0 aromatic heterocycles. The van der Waals surface area contributed by atoms with Gasteiger partial charge in [-0.3, -0.25) is 4.79 Å². The van der Waals surface area contributed by atoms with E-state index in [2.05, 4.69) is 15.5 Å². The van der Waals surface area contributed by atoms with E-state index in [1.807, 2.05) is 13.0 Å². The minimum atomic E-state index is -0.0504. The van der Waals surface area contributed by atoms with Gasteiger partial charge in [-0.1, -0.05) is 11.6 Å². The SMILES string of the molecule is CCNC(=O)c1ccc(Cl)c(N2CCNCC2)c1. The summed E-state index contributed by atoms with van der Waals surface area (Å²) in [6.45, 7) is 6.26. The van der Waals surface area contributed by atoms with Crippen molar-refractivity contribution in [3.8, 4) is 0 Å². The first kappa shape index (κ1) is 13.2. The second-order valence-electron chi connectivity index (χ2n) is 4.26. The second kappa shape index (κ2) is 6.07. The van der Waals surface area contributed by atoms with E-state index >= 15 is 0 Å². The highest BCUT2D eigenvalue weighted by molar-refractivity contribution is 6.33. The summed E-state index contributed by atoms with van der Waals surface area (Å²) in [5, 5.41) is 6.80. The molecule has 0 spiro atoms. The summed E-state index contributed by atoms with van der Waals surface area (Å²) in [7, 11) is 0. The lowest BCUT2D eigenvalue weighted by Gasteiger charge is -2.30. The highest BCUT2D eigenvalue weighted by Gasteiger charge is 2.15. The van der Waals surface area contributed by atoms with Gasteiger partial charge in [0.2, 0.25) is 0 Å². The van der Waals surface area contributed by atoms with Crippen molar-refractivity contribution >= 4 is 23.2 Å². The molecule has 1 aliphatic heterocycles. The number of nitrogens with zero attached hydrogens (tertiary/aromatic N) is 1. The van der Waals surface area contributed by atoms with Crippen LogP contribution in [0.15, 0.2) is 18.2 Å². The van der Waals surface area contributed by atoms with Crippen molar-refractivity contribution in [1.29, 1.82) is 0 Å². The monoisotopic (exact) mass is 267 g/mol. The molecule has 0 aliphatic carbocycles. The van der Waals surface area contributed by atoms with Crippen molar-refractivity contribution in [2.75, 3.05) is 37.6 Å². The van der Waals surface area contributed by atoms with Gasteiger partial charge in [0.05, 0.1) is 10.7 Å². The Balaban J connectivity index is 2.23. The molecule has 0 unspecified atom stereocenters. The van der Waals surface area contributed by atoms with Crippen molar-refractivity contribution < 1.29 is 4.79 Å². The molecular weight excluding hydrogens is 250 g/mol. The Morgan fingerprint density at radius 1 is 1.44 bits per heavy atom. The number of hydrogen-bond acceptors (Lipinski definition) is 3. The maximum absolute atomic E-state index is 11.8. The normalized spacial score (nSPS) is 15.6. The standard InChI is InChI=1S/C13H18ClN3O/c1-2-16-13(18)10-3-4-11(14)12(9-10)17-7-5-15-6-8-17/h3-4,9,15H,2,5-8H2,1H3,(H,16,18). The zero-order chi connectivity index (χ0) is 13.0. The number of hydrogen-bond donors (Lipinski definition) is 2. The van der Waals surface area contributed by atoms with Gasteiger partial charge < -0.3 is 15.5 Å². The number of rotatable bonds is 3. The van der Waals surface area contributed by atoms with Crippen LogP contribution in [-0.4, -0.2) is 38.6 Å².